The average molecular weight is 302 g/mol. The molecule has 20 heavy (non-hydrogen) atoms. The minimum Gasteiger partial charge on any atom is -0.392 e. The van der Waals surface area contributed by atoms with Crippen LogP contribution in [0.2, 0.25) is 0 Å². The Kier molecular flexibility index (Phi) is 4.79. The van der Waals surface area contributed by atoms with Gasteiger partial charge in [-0.15, -0.1) is 0 Å². The van der Waals surface area contributed by atoms with Crippen LogP contribution in [0.1, 0.15) is 25.8 Å². The summed E-state index contributed by atoms with van der Waals surface area (Å²) in [4.78, 5) is 2.30. The quantitative estimate of drug-likeness (QED) is 0.799. The molecule has 7 nitrogen and oxygen atoms in total. The minimum absolute atomic E-state index is 0.0111. The highest BCUT2D eigenvalue weighted by Gasteiger charge is 2.32. The standard InChI is InChI=1S/C12H22N4O3S/c1-3-10(2)15-4-6-16(7-5-15)20(18,19)12-11(9-17)8-13-14-12/h8,10,17H,3-7,9H2,1-2H3,(H,13,14). The lowest BCUT2D eigenvalue weighted by Gasteiger charge is -2.36. The summed E-state index contributed by atoms with van der Waals surface area (Å²) < 4.78 is 26.5. The van der Waals surface area contributed by atoms with E-state index in [1.165, 1.54) is 10.5 Å². The van der Waals surface area contributed by atoms with E-state index in [0.29, 0.717) is 24.7 Å². The number of hydrogen-bond acceptors (Lipinski definition) is 5. The second-order valence-electron chi connectivity index (χ2n) is 5.08. The number of aromatic nitrogens is 2. The van der Waals surface area contributed by atoms with Gasteiger partial charge in [0.25, 0.3) is 10.0 Å². The van der Waals surface area contributed by atoms with Crippen LogP contribution in [0.15, 0.2) is 11.2 Å². The number of sulfonamides is 1. The van der Waals surface area contributed by atoms with Gasteiger partial charge in [0.15, 0.2) is 5.03 Å². The molecule has 2 rings (SSSR count). The van der Waals surface area contributed by atoms with Gasteiger partial charge >= 0.3 is 0 Å². The van der Waals surface area contributed by atoms with Crippen molar-refractivity contribution in [3.63, 3.8) is 0 Å². The summed E-state index contributed by atoms with van der Waals surface area (Å²) in [7, 11) is -3.59. The summed E-state index contributed by atoms with van der Waals surface area (Å²) in [5.74, 6) is 0. The topological polar surface area (TPSA) is 89.5 Å². The molecular formula is C12H22N4O3S. The lowest BCUT2D eigenvalue weighted by Crippen LogP contribution is -2.51. The molecule has 1 saturated heterocycles. The molecular weight excluding hydrogens is 280 g/mol. The fourth-order valence-electron chi connectivity index (χ4n) is 2.41. The number of piperazine rings is 1. The zero-order chi connectivity index (χ0) is 14.8. The van der Waals surface area contributed by atoms with E-state index in [1.54, 1.807) is 0 Å². The molecule has 0 saturated carbocycles. The van der Waals surface area contributed by atoms with Crippen LogP contribution in [-0.4, -0.2) is 65.1 Å². The highest BCUT2D eigenvalue weighted by Crippen LogP contribution is 2.20. The summed E-state index contributed by atoms with van der Waals surface area (Å²) in [5, 5.41) is 15.4. The van der Waals surface area contributed by atoms with Gasteiger partial charge in [-0.05, 0) is 13.3 Å². The Morgan fingerprint density at radius 3 is 2.60 bits per heavy atom. The third-order valence-electron chi connectivity index (χ3n) is 3.93. The summed E-state index contributed by atoms with van der Waals surface area (Å²) in [6.07, 6.45) is 2.41. The van der Waals surface area contributed by atoms with Gasteiger partial charge in [0.2, 0.25) is 0 Å². The molecule has 0 aliphatic carbocycles. The molecule has 8 heteroatoms. The Bertz CT molecular complexity index is 535. The second kappa shape index (κ2) is 6.21. The smallest absolute Gasteiger partial charge is 0.260 e. The number of nitrogens with zero attached hydrogens (tertiary/aromatic N) is 3. The van der Waals surface area contributed by atoms with Crippen LogP contribution < -0.4 is 0 Å². The van der Waals surface area contributed by atoms with Crippen molar-refractivity contribution in [2.45, 2.75) is 37.9 Å². The maximum atomic E-state index is 12.5. The molecule has 0 radical (unpaired) electrons. The van der Waals surface area contributed by atoms with Gasteiger partial charge < -0.3 is 5.11 Å². The first kappa shape index (κ1) is 15.4. The van der Waals surface area contributed by atoms with Crippen molar-refractivity contribution < 1.29 is 13.5 Å². The molecule has 1 atom stereocenters. The van der Waals surface area contributed by atoms with E-state index in [1.807, 2.05) is 0 Å². The van der Waals surface area contributed by atoms with Gasteiger partial charge in [-0.25, -0.2) is 8.42 Å². The van der Waals surface area contributed by atoms with E-state index >= 15 is 0 Å². The Balaban J connectivity index is 2.10. The molecule has 0 amide bonds. The van der Waals surface area contributed by atoms with Crippen LogP contribution >= 0.6 is 0 Å². The number of hydrogen-bond donors (Lipinski definition) is 2. The maximum Gasteiger partial charge on any atom is 0.260 e. The van der Waals surface area contributed by atoms with Crippen molar-refractivity contribution >= 4 is 10.0 Å². The molecule has 114 valence electrons. The first-order chi connectivity index (χ1) is 9.50. The predicted molar refractivity (Wildman–Crippen MR) is 74.6 cm³/mol. The van der Waals surface area contributed by atoms with E-state index in [2.05, 4.69) is 28.9 Å². The molecule has 1 aromatic rings. The highest BCUT2D eigenvalue weighted by molar-refractivity contribution is 7.89. The van der Waals surface area contributed by atoms with Gasteiger partial charge in [0, 0.05) is 37.8 Å². The fourth-order valence-corrected chi connectivity index (χ4v) is 3.93. The Hall–Kier alpha value is -0.960. The summed E-state index contributed by atoms with van der Waals surface area (Å²) in [6, 6.07) is 0.472. The van der Waals surface area contributed by atoms with Gasteiger partial charge in [0.1, 0.15) is 0 Å². The first-order valence-corrected chi connectivity index (χ1v) is 8.32. The molecule has 1 fully saturated rings. The summed E-state index contributed by atoms with van der Waals surface area (Å²) in [6.45, 7) is 6.35. The van der Waals surface area contributed by atoms with Crippen LogP contribution in [0, 0.1) is 0 Å². The van der Waals surface area contributed by atoms with Crippen molar-refractivity contribution in [2.24, 2.45) is 0 Å². The average Bonchev–Trinajstić information content (AvgIpc) is 2.95. The van der Waals surface area contributed by atoms with Gasteiger partial charge in [-0.3, -0.25) is 10.00 Å². The number of nitrogens with one attached hydrogen (secondary N) is 1. The largest absolute Gasteiger partial charge is 0.392 e. The van der Waals surface area contributed by atoms with E-state index in [9.17, 15) is 8.42 Å². The molecule has 1 unspecified atom stereocenters. The van der Waals surface area contributed by atoms with E-state index in [4.69, 9.17) is 5.11 Å². The number of aromatic amines is 1. The third kappa shape index (κ3) is 2.88. The Morgan fingerprint density at radius 2 is 2.05 bits per heavy atom. The number of aliphatic hydroxyl groups excluding tert-OH is 1. The molecule has 0 aromatic carbocycles. The SMILES string of the molecule is CCC(C)N1CCN(S(=O)(=O)c2[nH]ncc2CO)CC1. The van der Waals surface area contributed by atoms with Crippen molar-refractivity contribution in [1.82, 2.24) is 19.4 Å². The van der Waals surface area contributed by atoms with Crippen molar-refractivity contribution in [1.29, 1.82) is 0 Å². The fraction of sp³-hybridized carbons (Fsp3) is 0.750. The molecule has 1 aliphatic rings. The molecule has 1 aromatic heterocycles. The van der Waals surface area contributed by atoms with Crippen LogP contribution in [0.3, 0.4) is 0 Å². The Labute approximate surface area is 119 Å². The zero-order valence-corrected chi connectivity index (χ0v) is 12.7. The van der Waals surface area contributed by atoms with Crippen LogP contribution in [0.25, 0.3) is 0 Å². The highest BCUT2D eigenvalue weighted by atomic mass is 32.2. The predicted octanol–water partition coefficient (Wildman–Crippen LogP) is 0.00680. The number of H-pyrrole nitrogens is 1. The molecule has 1 aliphatic heterocycles. The van der Waals surface area contributed by atoms with Crippen LogP contribution in [-0.2, 0) is 16.6 Å². The lowest BCUT2D eigenvalue weighted by atomic mass is 10.2. The van der Waals surface area contributed by atoms with E-state index in [-0.39, 0.29) is 11.6 Å². The lowest BCUT2D eigenvalue weighted by molar-refractivity contribution is 0.142. The monoisotopic (exact) mass is 302 g/mol. The molecule has 2 heterocycles. The Morgan fingerprint density at radius 1 is 1.40 bits per heavy atom. The second-order valence-corrected chi connectivity index (χ2v) is 6.95. The number of aliphatic hydroxyl groups is 1. The van der Waals surface area contributed by atoms with Gasteiger partial charge in [0.05, 0.1) is 12.8 Å². The van der Waals surface area contributed by atoms with Crippen LogP contribution in [0.4, 0.5) is 0 Å². The number of rotatable bonds is 5. The van der Waals surface area contributed by atoms with Gasteiger partial charge in [-0.2, -0.15) is 9.40 Å². The minimum atomic E-state index is -3.59. The van der Waals surface area contributed by atoms with E-state index < -0.39 is 10.0 Å². The summed E-state index contributed by atoms with van der Waals surface area (Å²) in [5.41, 5.74) is 0.314. The third-order valence-corrected chi connectivity index (χ3v) is 5.85. The van der Waals surface area contributed by atoms with Crippen molar-refractivity contribution in [3.05, 3.63) is 11.8 Å². The van der Waals surface area contributed by atoms with Gasteiger partial charge in [-0.1, -0.05) is 6.92 Å². The van der Waals surface area contributed by atoms with E-state index in [0.717, 1.165) is 19.5 Å². The van der Waals surface area contributed by atoms with Crippen molar-refractivity contribution in [2.75, 3.05) is 26.2 Å². The maximum absolute atomic E-state index is 12.5. The summed E-state index contributed by atoms with van der Waals surface area (Å²) >= 11 is 0. The molecule has 2 N–H and O–H groups in total. The van der Waals surface area contributed by atoms with Crippen LogP contribution in [0.5, 0.6) is 0 Å². The molecule has 0 bridgehead atoms. The first-order valence-electron chi connectivity index (χ1n) is 6.88. The zero-order valence-electron chi connectivity index (χ0n) is 11.9. The van der Waals surface area contributed by atoms with Crippen molar-refractivity contribution in [3.8, 4) is 0 Å². The normalized spacial score (nSPS) is 20.1. The molecule has 0 spiro atoms.